The highest BCUT2D eigenvalue weighted by atomic mass is 79.9. The average Bonchev–Trinajstić information content (AvgIpc) is 2.08. The molecule has 0 aliphatic rings. The summed E-state index contributed by atoms with van der Waals surface area (Å²) >= 11 is 11.7. The number of nitrogens with two attached hydrogens (primary N) is 1. The molecule has 0 aromatic heterocycles. The Morgan fingerprint density at radius 3 is 2.64 bits per heavy atom. The van der Waals surface area contributed by atoms with Crippen molar-refractivity contribution in [3.05, 3.63) is 26.6 Å². The molecule has 0 saturated carbocycles. The molecule has 76 valence electrons. The first-order valence-corrected chi connectivity index (χ1v) is 6.08. The summed E-state index contributed by atoms with van der Waals surface area (Å²) in [7, 11) is 0. The SMILES string of the molecule is CCc1cc(Br)cc(Br)c1NC(N)=S. The maximum atomic E-state index is 5.44. The van der Waals surface area contributed by atoms with Crippen LogP contribution in [0.1, 0.15) is 12.5 Å². The van der Waals surface area contributed by atoms with Gasteiger partial charge in [0, 0.05) is 8.95 Å². The average molecular weight is 338 g/mol. The van der Waals surface area contributed by atoms with Crippen LogP contribution in [0.2, 0.25) is 0 Å². The molecule has 1 aromatic carbocycles. The third kappa shape index (κ3) is 2.93. The van der Waals surface area contributed by atoms with E-state index in [2.05, 4.69) is 44.1 Å². The van der Waals surface area contributed by atoms with E-state index in [4.69, 9.17) is 18.0 Å². The monoisotopic (exact) mass is 336 g/mol. The molecule has 0 unspecified atom stereocenters. The Labute approximate surface area is 106 Å². The maximum Gasteiger partial charge on any atom is 0.168 e. The van der Waals surface area contributed by atoms with E-state index in [1.165, 1.54) is 5.56 Å². The summed E-state index contributed by atoms with van der Waals surface area (Å²) in [5, 5.41) is 3.24. The molecule has 0 bridgehead atoms. The first kappa shape index (κ1) is 11.9. The van der Waals surface area contributed by atoms with Crippen molar-refractivity contribution in [3.8, 4) is 0 Å². The number of nitrogens with one attached hydrogen (secondary N) is 1. The minimum absolute atomic E-state index is 0.280. The van der Waals surface area contributed by atoms with Crippen molar-refractivity contribution in [2.24, 2.45) is 5.73 Å². The Morgan fingerprint density at radius 1 is 1.50 bits per heavy atom. The van der Waals surface area contributed by atoms with Gasteiger partial charge in [0.25, 0.3) is 0 Å². The molecule has 3 N–H and O–H groups in total. The standard InChI is InChI=1S/C9H10Br2N2S/c1-2-5-3-6(10)4-7(11)8(5)13-9(12)14/h3-4H,2H2,1H3,(H3,12,13,14). The Morgan fingerprint density at radius 2 is 2.14 bits per heavy atom. The van der Waals surface area contributed by atoms with Crippen molar-refractivity contribution in [3.63, 3.8) is 0 Å². The van der Waals surface area contributed by atoms with Crippen LogP contribution in [0.5, 0.6) is 0 Å². The second-order valence-corrected chi connectivity index (χ2v) is 4.97. The van der Waals surface area contributed by atoms with Crippen molar-refractivity contribution in [2.45, 2.75) is 13.3 Å². The van der Waals surface area contributed by atoms with Gasteiger partial charge >= 0.3 is 0 Å². The highest BCUT2D eigenvalue weighted by molar-refractivity contribution is 9.11. The lowest BCUT2D eigenvalue weighted by Crippen LogP contribution is -2.20. The molecule has 0 fully saturated rings. The van der Waals surface area contributed by atoms with Gasteiger partial charge in [0.15, 0.2) is 5.11 Å². The zero-order valence-corrected chi connectivity index (χ0v) is 11.6. The Balaban J connectivity index is 3.18. The van der Waals surface area contributed by atoms with Gasteiger partial charge in [-0.1, -0.05) is 22.9 Å². The van der Waals surface area contributed by atoms with E-state index >= 15 is 0 Å². The molecule has 1 aromatic rings. The van der Waals surface area contributed by atoms with Crippen LogP contribution in [0.4, 0.5) is 5.69 Å². The van der Waals surface area contributed by atoms with Crippen LogP contribution in [0.25, 0.3) is 0 Å². The fourth-order valence-electron chi connectivity index (χ4n) is 1.17. The van der Waals surface area contributed by atoms with Gasteiger partial charge in [-0.2, -0.15) is 0 Å². The lowest BCUT2D eigenvalue weighted by atomic mass is 10.1. The fraction of sp³-hybridized carbons (Fsp3) is 0.222. The number of aryl methyl sites for hydroxylation is 1. The lowest BCUT2D eigenvalue weighted by Gasteiger charge is -2.12. The molecule has 0 spiro atoms. The number of anilines is 1. The van der Waals surface area contributed by atoms with E-state index in [0.29, 0.717) is 0 Å². The molecular formula is C9H10Br2N2S. The molecule has 0 aliphatic carbocycles. The van der Waals surface area contributed by atoms with Crippen LogP contribution in [-0.4, -0.2) is 5.11 Å². The molecule has 1 rings (SSSR count). The number of thiocarbonyl (C=S) groups is 1. The zero-order chi connectivity index (χ0) is 10.7. The van der Waals surface area contributed by atoms with Gasteiger partial charge in [0.05, 0.1) is 5.69 Å². The molecule has 0 radical (unpaired) electrons. The van der Waals surface area contributed by atoms with E-state index in [-0.39, 0.29) is 5.11 Å². The van der Waals surface area contributed by atoms with Crippen molar-refractivity contribution >= 4 is 54.9 Å². The van der Waals surface area contributed by atoms with E-state index in [1.54, 1.807) is 0 Å². The molecule has 14 heavy (non-hydrogen) atoms. The molecule has 0 heterocycles. The fourth-order valence-corrected chi connectivity index (χ4v) is 2.68. The summed E-state index contributed by atoms with van der Waals surface area (Å²) < 4.78 is 1.99. The number of benzene rings is 1. The predicted molar refractivity (Wildman–Crippen MR) is 71.6 cm³/mol. The van der Waals surface area contributed by atoms with Crippen molar-refractivity contribution in [1.82, 2.24) is 0 Å². The largest absolute Gasteiger partial charge is 0.376 e. The lowest BCUT2D eigenvalue weighted by molar-refractivity contribution is 1.14. The second kappa shape index (κ2) is 5.09. The van der Waals surface area contributed by atoms with Crippen LogP contribution in [0, 0.1) is 0 Å². The summed E-state index contributed by atoms with van der Waals surface area (Å²) in [6, 6.07) is 4.01. The van der Waals surface area contributed by atoms with Gasteiger partial charge in [-0.15, -0.1) is 0 Å². The molecule has 0 saturated heterocycles. The summed E-state index contributed by atoms with van der Waals surface area (Å²) in [5.41, 5.74) is 7.56. The molecular weight excluding hydrogens is 328 g/mol. The van der Waals surface area contributed by atoms with E-state index in [1.807, 2.05) is 12.1 Å². The minimum Gasteiger partial charge on any atom is -0.376 e. The van der Waals surface area contributed by atoms with Gasteiger partial charge in [0.1, 0.15) is 0 Å². The van der Waals surface area contributed by atoms with Crippen LogP contribution >= 0.6 is 44.1 Å². The first-order valence-electron chi connectivity index (χ1n) is 4.09. The quantitative estimate of drug-likeness (QED) is 0.812. The van der Waals surface area contributed by atoms with Gasteiger partial charge in [-0.05, 0) is 52.3 Å². The maximum absolute atomic E-state index is 5.44. The summed E-state index contributed by atoms with van der Waals surface area (Å²) in [5.74, 6) is 0. The van der Waals surface area contributed by atoms with Crippen LogP contribution < -0.4 is 11.1 Å². The molecule has 0 aliphatic heterocycles. The van der Waals surface area contributed by atoms with Crippen molar-refractivity contribution < 1.29 is 0 Å². The Hall–Kier alpha value is -0.130. The molecule has 0 atom stereocenters. The van der Waals surface area contributed by atoms with Crippen LogP contribution in [0.3, 0.4) is 0 Å². The van der Waals surface area contributed by atoms with Crippen LogP contribution in [0.15, 0.2) is 21.1 Å². The predicted octanol–water partition coefficient (Wildman–Crippen LogP) is 3.43. The zero-order valence-electron chi connectivity index (χ0n) is 7.60. The van der Waals surface area contributed by atoms with E-state index in [9.17, 15) is 0 Å². The summed E-state index contributed by atoms with van der Waals surface area (Å²) in [4.78, 5) is 0. The highest BCUT2D eigenvalue weighted by Gasteiger charge is 2.07. The molecule has 2 nitrogen and oxygen atoms in total. The number of hydrogen-bond donors (Lipinski definition) is 2. The van der Waals surface area contributed by atoms with Gasteiger partial charge < -0.3 is 11.1 Å². The van der Waals surface area contributed by atoms with E-state index in [0.717, 1.165) is 21.1 Å². The third-order valence-electron chi connectivity index (χ3n) is 1.77. The van der Waals surface area contributed by atoms with Crippen molar-refractivity contribution in [1.29, 1.82) is 0 Å². The third-order valence-corrected chi connectivity index (χ3v) is 2.95. The van der Waals surface area contributed by atoms with Crippen molar-refractivity contribution in [2.75, 3.05) is 5.32 Å². The molecule has 5 heteroatoms. The van der Waals surface area contributed by atoms with Gasteiger partial charge in [-0.3, -0.25) is 0 Å². The summed E-state index contributed by atoms with van der Waals surface area (Å²) in [6.45, 7) is 2.08. The summed E-state index contributed by atoms with van der Waals surface area (Å²) in [6.07, 6.45) is 0.920. The number of hydrogen-bond acceptors (Lipinski definition) is 1. The number of rotatable bonds is 2. The van der Waals surface area contributed by atoms with Crippen LogP contribution in [-0.2, 0) is 6.42 Å². The van der Waals surface area contributed by atoms with E-state index < -0.39 is 0 Å². The molecule has 0 amide bonds. The van der Waals surface area contributed by atoms with Gasteiger partial charge in [-0.25, -0.2) is 0 Å². The highest BCUT2D eigenvalue weighted by Crippen LogP contribution is 2.30. The smallest absolute Gasteiger partial charge is 0.168 e. The normalized spacial score (nSPS) is 9.93. The van der Waals surface area contributed by atoms with Gasteiger partial charge in [0.2, 0.25) is 0 Å². The topological polar surface area (TPSA) is 38.0 Å². The Bertz CT molecular complexity index is 366. The first-order chi connectivity index (χ1) is 6.54. The second-order valence-electron chi connectivity index (χ2n) is 2.76. The Kier molecular flexibility index (Phi) is 4.34. The minimum atomic E-state index is 0.280. The number of halogens is 2.